The summed E-state index contributed by atoms with van der Waals surface area (Å²) < 4.78 is 46.6. The van der Waals surface area contributed by atoms with Crippen LogP contribution in [0.2, 0.25) is 5.02 Å². The second kappa shape index (κ2) is 10.2. The molecule has 0 aliphatic heterocycles. The van der Waals surface area contributed by atoms with E-state index in [-0.39, 0.29) is 17.3 Å². The normalized spacial score (nSPS) is 13.7. The summed E-state index contributed by atoms with van der Waals surface area (Å²) in [6.45, 7) is 0.598. The second-order valence-electron chi connectivity index (χ2n) is 7.19. The fourth-order valence-electron chi connectivity index (χ4n) is 2.93. The SMILES string of the molecule is C=S(C)(=O)Nc1cc(Cl)c2c(Nc3ccc(F)cc3O[C@H](C)C(=O)NCCF)ncnc2c1. The number of aromatic nitrogens is 2. The predicted octanol–water partition coefficient (Wildman–Crippen LogP) is 3.69. The van der Waals surface area contributed by atoms with E-state index in [0.29, 0.717) is 28.1 Å². The van der Waals surface area contributed by atoms with Crippen molar-refractivity contribution in [2.24, 2.45) is 0 Å². The summed E-state index contributed by atoms with van der Waals surface area (Å²) in [7, 11) is -2.53. The van der Waals surface area contributed by atoms with Gasteiger partial charge >= 0.3 is 0 Å². The van der Waals surface area contributed by atoms with Gasteiger partial charge in [-0.25, -0.2) is 23.0 Å². The minimum atomic E-state index is -2.53. The third kappa shape index (κ3) is 6.42. The van der Waals surface area contributed by atoms with Gasteiger partial charge in [-0.05, 0) is 37.1 Å². The lowest BCUT2D eigenvalue weighted by atomic mass is 10.2. The van der Waals surface area contributed by atoms with Crippen LogP contribution in [0.25, 0.3) is 10.9 Å². The van der Waals surface area contributed by atoms with Gasteiger partial charge in [-0.3, -0.25) is 4.79 Å². The lowest BCUT2D eigenvalue weighted by molar-refractivity contribution is -0.127. The molecule has 3 aromatic rings. The van der Waals surface area contributed by atoms with Crippen molar-refractivity contribution in [3.05, 3.63) is 47.5 Å². The summed E-state index contributed by atoms with van der Waals surface area (Å²) in [5.74, 6) is 2.77. The quantitative estimate of drug-likeness (QED) is 0.389. The molecule has 0 saturated heterocycles. The molecule has 1 aromatic heterocycles. The van der Waals surface area contributed by atoms with E-state index in [0.717, 1.165) is 6.07 Å². The molecule has 33 heavy (non-hydrogen) atoms. The van der Waals surface area contributed by atoms with Crippen molar-refractivity contribution in [3.8, 4) is 5.75 Å². The first kappa shape index (κ1) is 24.5. The summed E-state index contributed by atoms with van der Waals surface area (Å²) in [5, 5.41) is 6.13. The molecule has 0 fully saturated rings. The Hall–Kier alpha value is -3.18. The van der Waals surface area contributed by atoms with E-state index in [9.17, 15) is 17.8 Å². The van der Waals surface area contributed by atoms with Crippen LogP contribution < -0.4 is 20.1 Å². The fraction of sp³-hybridized carbons (Fsp3) is 0.238. The van der Waals surface area contributed by atoms with Crippen molar-refractivity contribution >= 4 is 61.2 Å². The van der Waals surface area contributed by atoms with Gasteiger partial charge in [0.25, 0.3) is 5.91 Å². The average Bonchev–Trinajstić information content (AvgIpc) is 2.72. The Labute approximate surface area is 194 Å². The molecule has 0 aliphatic carbocycles. The Balaban J connectivity index is 1.95. The molecule has 12 heteroatoms. The predicted molar refractivity (Wildman–Crippen MR) is 128 cm³/mol. The van der Waals surface area contributed by atoms with Crippen molar-refractivity contribution in [2.45, 2.75) is 13.0 Å². The number of nitrogens with one attached hydrogen (secondary N) is 3. The van der Waals surface area contributed by atoms with Crippen LogP contribution in [0, 0.1) is 5.82 Å². The molecule has 0 spiro atoms. The van der Waals surface area contributed by atoms with Gasteiger partial charge in [0.2, 0.25) is 0 Å². The van der Waals surface area contributed by atoms with Crippen LogP contribution in [-0.2, 0) is 14.5 Å². The standard InChI is InChI=1S/C21H22ClF2N5O3S/c1-12(21(30)25-7-6-23)32-18-8-13(24)4-5-16(18)28-20-19-15(22)9-14(29-33(2,3)31)10-17(19)26-11-27-20/h4-5,8-12H,2,6-7H2,1,3H3,(H,25,30)(H,29,31)(H,26,27,28)/t12-,33?/m1/s1. The first-order valence-corrected chi connectivity index (χ1v) is 12.2. The van der Waals surface area contributed by atoms with Crippen molar-refractivity contribution in [2.75, 3.05) is 29.5 Å². The van der Waals surface area contributed by atoms with Gasteiger partial charge in [-0.2, -0.15) is 0 Å². The number of nitrogens with zero attached hydrogens (tertiary/aromatic N) is 2. The van der Waals surface area contributed by atoms with Gasteiger partial charge in [0, 0.05) is 34.3 Å². The highest BCUT2D eigenvalue weighted by Gasteiger charge is 2.18. The van der Waals surface area contributed by atoms with Crippen LogP contribution in [-0.4, -0.2) is 51.5 Å². The maximum atomic E-state index is 13.9. The molecular weight excluding hydrogens is 476 g/mol. The molecule has 1 unspecified atom stereocenters. The van der Waals surface area contributed by atoms with Crippen molar-refractivity contribution < 1.29 is 22.5 Å². The van der Waals surface area contributed by atoms with Crippen LogP contribution in [0.15, 0.2) is 36.7 Å². The first-order chi connectivity index (χ1) is 15.6. The lowest BCUT2D eigenvalue weighted by Gasteiger charge is -2.18. The Bertz CT molecular complexity index is 1290. The van der Waals surface area contributed by atoms with Crippen LogP contribution in [0.3, 0.4) is 0 Å². The highest BCUT2D eigenvalue weighted by Crippen LogP contribution is 2.35. The van der Waals surface area contributed by atoms with Crippen LogP contribution in [0.1, 0.15) is 6.92 Å². The van der Waals surface area contributed by atoms with E-state index in [1.807, 2.05) is 0 Å². The van der Waals surface area contributed by atoms with E-state index in [2.05, 4.69) is 31.2 Å². The number of carbonyl (C=O) groups excluding carboxylic acids is 1. The molecule has 0 radical (unpaired) electrons. The molecule has 3 N–H and O–H groups in total. The summed E-state index contributed by atoms with van der Waals surface area (Å²) in [4.78, 5) is 20.5. The number of fused-ring (bicyclic) bond motifs is 1. The number of amides is 1. The van der Waals surface area contributed by atoms with Crippen molar-refractivity contribution in [3.63, 3.8) is 0 Å². The number of anilines is 3. The number of hydrogen-bond donors (Lipinski definition) is 3. The number of halogens is 3. The average molecular weight is 498 g/mol. The molecule has 3 rings (SSSR count). The Kier molecular flexibility index (Phi) is 7.54. The highest BCUT2D eigenvalue weighted by atomic mass is 35.5. The zero-order chi connectivity index (χ0) is 24.2. The molecular formula is C21H22ClF2N5O3S. The molecule has 0 bridgehead atoms. The number of carbonyl (C=O) groups is 1. The molecule has 2 aromatic carbocycles. The lowest BCUT2D eigenvalue weighted by Crippen LogP contribution is -2.37. The Morgan fingerprint density at radius 3 is 2.76 bits per heavy atom. The molecule has 1 heterocycles. The van der Waals surface area contributed by atoms with E-state index in [1.165, 1.54) is 31.6 Å². The second-order valence-corrected chi connectivity index (χ2v) is 9.81. The third-order valence-corrected chi connectivity index (χ3v) is 5.25. The third-order valence-electron chi connectivity index (χ3n) is 4.29. The highest BCUT2D eigenvalue weighted by molar-refractivity contribution is 8.00. The topological polar surface area (TPSA) is 105 Å². The maximum Gasteiger partial charge on any atom is 0.260 e. The Morgan fingerprint density at radius 1 is 1.30 bits per heavy atom. The number of ether oxygens (including phenoxy) is 1. The molecule has 1 amide bonds. The number of alkyl halides is 1. The van der Waals surface area contributed by atoms with Gasteiger partial charge < -0.3 is 20.1 Å². The van der Waals surface area contributed by atoms with E-state index in [4.69, 9.17) is 16.3 Å². The zero-order valence-corrected chi connectivity index (χ0v) is 19.4. The Morgan fingerprint density at radius 2 is 2.06 bits per heavy atom. The van der Waals surface area contributed by atoms with Crippen molar-refractivity contribution in [1.82, 2.24) is 15.3 Å². The summed E-state index contributed by atoms with van der Waals surface area (Å²) in [5.41, 5.74) is 1.24. The van der Waals surface area contributed by atoms with Crippen LogP contribution in [0.4, 0.5) is 26.0 Å². The van der Waals surface area contributed by atoms with Crippen LogP contribution >= 0.6 is 11.6 Å². The maximum absolute atomic E-state index is 13.9. The summed E-state index contributed by atoms with van der Waals surface area (Å²) >= 11 is 6.45. The fourth-order valence-corrected chi connectivity index (χ4v) is 3.85. The van der Waals surface area contributed by atoms with Crippen molar-refractivity contribution in [1.29, 1.82) is 0 Å². The van der Waals surface area contributed by atoms with Gasteiger partial charge in [0.05, 0.1) is 21.6 Å². The van der Waals surface area contributed by atoms with Gasteiger partial charge in [-0.15, -0.1) is 0 Å². The minimum Gasteiger partial charge on any atom is -0.479 e. The number of hydrogen-bond acceptors (Lipinski definition) is 6. The van der Waals surface area contributed by atoms with Crippen LogP contribution in [0.5, 0.6) is 5.75 Å². The summed E-state index contributed by atoms with van der Waals surface area (Å²) in [6, 6.07) is 6.94. The minimum absolute atomic E-state index is 0.0434. The number of benzene rings is 2. The monoisotopic (exact) mass is 497 g/mol. The molecule has 8 nitrogen and oxygen atoms in total. The van der Waals surface area contributed by atoms with Gasteiger partial charge in [0.15, 0.2) is 6.10 Å². The number of rotatable bonds is 9. The van der Waals surface area contributed by atoms with E-state index < -0.39 is 34.2 Å². The largest absolute Gasteiger partial charge is 0.479 e. The first-order valence-electron chi connectivity index (χ1n) is 9.68. The molecule has 2 atom stereocenters. The molecule has 0 saturated carbocycles. The summed E-state index contributed by atoms with van der Waals surface area (Å²) in [6.07, 6.45) is 1.74. The molecule has 0 aliphatic rings. The van der Waals surface area contributed by atoms with Gasteiger partial charge in [0.1, 0.15) is 30.4 Å². The van der Waals surface area contributed by atoms with E-state index in [1.54, 1.807) is 12.1 Å². The zero-order valence-electron chi connectivity index (χ0n) is 17.8. The van der Waals surface area contributed by atoms with E-state index >= 15 is 0 Å². The smallest absolute Gasteiger partial charge is 0.260 e. The molecule has 176 valence electrons. The van der Waals surface area contributed by atoms with Gasteiger partial charge in [-0.1, -0.05) is 11.6 Å².